The third-order valence-electron chi connectivity index (χ3n) is 3.19. The van der Waals surface area contributed by atoms with Crippen LogP contribution in [0, 0.1) is 5.92 Å². The van der Waals surface area contributed by atoms with Crippen molar-refractivity contribution in [2.45, 2.75) is 26.0 Å². The minimum Gasteiger partial charge on any atom is -0.465 e. The van der Waals surface area contributed by atoms with Crippen molar-refractivity contribution in [1.82, 2.24) is 5.32 Å². The monoisotopic (exact) mass is 299 g/mol. The maximum absolute atomic E-state index is 12.4. The standard InChI is InChI=1S/C14H15F2NO4/c1-2-20-13(19)9-7-10(17-12(9)18)8-5-3-4-6-11(8)21-14(15)16/h3-6,9-10,14H,2,7H2,1H3,(H,17,18). The van der Waals surface area contributed by atoms with E-state index in [-0.39, 0.29) is 18.8 Å². The number of carbonyl (C=O) groups excluding carboxylic acids is 2. The lowest BCUT2D eigenvalue weighted by molar-refractivity contribution is -0.150. The molecule has 2 rings (SSSR count). The number of carbonyl (C=O) groups is 2. The number of benzene rings is 1. The highest BCUT2D eigenvalue weighted by Gasteiger charge is 2.39. The molecule has 0 aliphatic carbocycles. The molecule has 1 fully saturated rings. The Morgan fingerprint density at radius 3 is 2.81 bits per heavy atom. The predicted octanol–water partition coefficient (Wildman–Crippen LogP) is 2.03. The van der Waals surface area contributed by atoms with E-state index in [4.69, 9.17) is 4.74 Å². The number of alkyl halides is 2. The maximum atomic E-state index is 12.4. The zero-order valence-electron chi connectivity index (χ0n) is 11.3. The van der Waals surface area contributed by atoms with E-state index < -0.39 is 30.4 Å². The molecule has 1 amide bonds. The van der Waals surface area contributed by atoms with Gasteiger partial charge in [-0.3, -0.25) is 9.59 Å². The quantitative estimate of drug-likeness (QED) is 0.667. The summed E-state index contributed by atoms with van der Waals surface area (Å²) >= 11 is 0. The van der Waals surface area contributed by atoms with Gasteiger partial charge in [-0.2, -0.15) is 8.78 Å². The van der Waals surface area contributed by atoms with E-state index in [1.54, 1.807) is 25.1 Å². The molecule has 7 heteroatoms. The third-order valence-corrected chi connectivity index (χ3v) is 3.19. The molecular formula is C14H15F2NO4. The van der Waals surface area contributed by atoms with E-state index in [9.17, 15) is 18.4 Å². The summed E-state index contributed by atoms with van der Waals surface area (Å²) in [5.74, 6) is -2.01. The largest absolute Gasteiger partial charge is 0.465 e. The summed E-state index contributed by atoms with van der Waals surface area (Å²) in [7, 11) is 0. The molecule has 1 aliphatic heterocycles. The first-order valence-electron chi connectivity index (χ1n) is 6.53. The molecular weight excluding hydrogens is 284 g/mol. The Morgan fingerprint density at radius 1 is 1.43 bits per heavy atom. The van der Waals surface area contributed by atoms with Gasteiger partial charge in [-0.15, -0.1) is 0 Å². The van der Waals surface area contributed by atoms with Crippen molar-refractivity contribution < 1.29 is 27.8 Å². The van der Waals surface area contributed by atoms with Crippen LogP contribution in [0.3, 0.4) is 0 Å². The van der Waals surface area contributed by atoms with Gasteiger partial charge in [-0.05, 0) is 19.4 Å². The van der Waals surface area contributed by atoms with Gasteiger partial charge in [-0.25, -0.2) is 0 Å². The second-order valence-electron chi connectivity index (χ2n) is 4.52. The number of nitrogens with one attached hydrogen (secondary N) is 1. The molecule has 1 aromatic rings. The highest BCUT2D eigenvalue weighted by molar-refractivity contribution is 5.99. The average molecular weight is 299 g/mol. The Morgan fingerprint density at radius 2 is 2.14 bits per heavy atom. The van der Waals surface area contributed by atoms with Gasteiger partial charge in [0.2, 0.25) is 5.91 Å². The first kappa shape index (κ1) is 15.2. The van der Waals surface area contributed by atoms with Crippen LogP contribution in [0.1, 0.15) is 24.9 Å². The van der Waals surface area contributed by atoms with Gasteiger partial charge in [0.05, 0.1) is 12.6 Å². The fraction of sp³-hybridized carbons (Fsp3) is 0.429. The summed E-state index contributed by atoms with van der Waals surface area (Å²) in [6, 6.07) is 5.63. The average Bonchev–Trinajstić information content (AvgIpc) is 2.81. The summed E-state index contributed by atoms with van der Waals surface area (Å²) in [4.78, 5) is 23.5. The highest BCUT2D eigenvalue weighted by atomic mass is 19.3. The van der Waals surface area contributed by atoms with E-state index in [2.05, 4.69) is 10.1 Å². The Bertz CT molecular complexity index is 535. The van der Waals surface area contributed by atoms with E-state index in [0.717, 1.165) is 0 Å². The van der Waals surface area contributed by atoms with Gasteiger partial charge in [0.1, 0.15) is 11.7 Å². The predicted molar refractivity (Wildman–Crippen MR) is 68.7 cm³/mol. The number of ether oxygens (including phenoxy) is 2. The molecule has 0 bridgehead atoms. The lowest BCUT2D eigenvalue weighted by atomic mass is 9.99. The first-order valence-corrected chi connectivity index (χ1v) is 6.53. The Kier molecular flexibility index (Phi) is 4.72. The van der Waals surface area contributed by atoms with Gasteiger partial charge in [0.25, 0.3) is 0 Å². The van der Waals surface area contributed by atoms with Crippen molar-refractivity contribution in [3.8, 4) is 5.75 Å². The summed E-state index contributed by atoms with van der Waals surface area (Å²) in [6.07, 6.45) is 0.154. The number of halogens is 2. The molecule has 1 heterocycles. The van der Waals surface area contributed by atoms with Crippen LogP contribution < -0.4 is 10.1 Å². The normalized spacial score (nSPS) is 21.2. The topological polar surface area (TPSA) is 64.6 Å². The minimum absolute atomic E-state index is 0.0118. The molecule has 114 valence electrons. The number of amides is 1. The van der Waals surface area contributed by atoms with Crippen LogP contribution in [-0.2, 0) is 14.3 Å². The number of hydrogen-bond acceptors (Lipinski definition) is 4. The molecule has 0 radical (unpaired) electrons. The fourth-order valence-corrected chi connectivity index (χ4v) is 2.30. The van der Waals surface area contributed by atoms with Crippen LogP contribution in [0.2, 0.25) is 0 Å². The van der Waals surface area contributed by atoms with E-state index in [0.29, 0.717) is 5.56 Å². The third kappa shape index (κ3) is 3.48. The van der Waals surface area contributed by atoms with Gasteiger partial charge < -0.3 is 14.8 Å². The lowest BCUT2D eigenvalue weighted by Crippen LogP contribution is -2.27. The zero-order valence-corrected chi connectivity index (χ0v) is 11.3. The first-order chi connectivity index (χ1) is 10.0. The molecule has 0 saturated carbocycles. The molecule has 21 heavy (non-hydrogen) atoms. The van der Waals surface area contributed by atoms with Crippen molar-refractivity contribution in [3.05, 3.63) is 29.8 Å². The summed E-state index contributed by atoms with van der Waals surface area (Å²) in [6.45, 7) is -1.13. The Hall–Kier alpha value is -2.18. The molecule has 1 aliphatic rings. The highest BCUT2D eigenvalue weighted by Crippen LogP contribution is 2.34. The Balaban J connectivity index is 2.17. The smallest absolute Gasteiger partial charge is 0.387 e. The Labute approximate surface area is 120 Å². The van der Waals surface area contributed by atoms with Crippen molar-refractivity contribution in [2.24, 2.45) is 5.92 Å². The van der Waals surface area contributed by atoms with Gasteiger partial charge in [-0.1, -0.05) is 18.2 Å². The number of hydrogen-bond donors (Lipinski definition) is 1. The van der Waals surface area contributed by atoms with Gasteiger partial charge in [0, 0.05) is 5.56 Å². The van der Waals surface area contributed by atoms with Crippen molar-refractivity contribution in [3.63, 3.8) is 0 Å². The molecule has 0 spiro atoms. The number of rotatable bonds is 5. The molecule has 2 atom stereocenters. The maximum Gasteiger partial charge on any atom is 0.387 e. The molecule has 1 N–H and O–H groups in total. The van der Waals surface area contributed by atoms with Gasteiger partial charge in [0.15, 0.2) is 0 Å². The van der Waals surface area contributed by atoms with E-state index in [1.165, 1.54) is 6.07 Å². The van der Waals surface area contributed by atoms with Crippen LogP contribution in [0.5, 0.6) is 5.75 Å². The van der Waals surface area contributed by atoms with Crippen LogP contribution in [0.25, 0.3) is 0 Å². The molecule has 2 unspecified atom stereocenters. The lowest BCUT2D eigenvalue weighted by Gasteiger charge is -2.15. The number of esters is 1. The van der Waals surface area contributed by atoms with Crippen LogP contribution in [0.4, 0.5) is 8.78 Å². The van der Waals surface area contributed by atoms with Crippen LogP contribution >= 0.6 is 0 Å². The van der Waals surface area contributed by atoms with Crippen LogP contribution in [-0.4, -0.2) is 25.1 Å². The SMILES string of the molecule is CCOC(=O)C1CC(c2ccccc2OC(F)F)NC1=O. The molecule has 1 aromatic carbocycles. The van der Waals surface area contributed by atoms with E-state index >= 15 is 0 Å². The summed E-state index contributed by atoms with van der Waals surface area (Å²) < 4.78 is 34.0. The summed E-state index contributed by atoms with van der Waals surface area (Å²) in [5, 5.41) is 2.61. The second-order valence-corrected chi connectivity index (χ2v) is 4.52. The summed E-state index contributed by atoms with van der Waals surface area (Å²) in [5.41, 5.74) is 0.415. The van der Waals surface area contributed by atoms with Gasteiger partial charge >= 0.3 is 12.6 Å². The van der Waals surface area contributed by atoms with Crippen molar-refractivity contribution in [1.29, 1.82) is 0 Å². The number of para-hydroxylation sites is 1. The zero-order chi connectivity index (χ0) is 15.4. The van der Waals surface area contributed by atoms with Crippen molar-refractivity contribution >= 4 is 11.9 Å². The molecule has 0 aromatic heterocycles. The van der Waals surface area contributed by atoms with E-state index in [1.807, 2.05) is 0 Å². The molecule has 1 saturated heterocycles. The molecule has 5 nitrogen and oxygen atoms in total. The van der Waals surface area contributed by atoms with Crippen molar-refractivity contribution in [2.75, 3.05) is 6.61 Å². The van der Waals surface area contributed by atoms with Crippen LogP contribution in [0.15, 0.2) is 24.3 Å². The fourth-order valence-electron chi connectivity index (χ4n) is 2.30. The second kappa shape index (κ2) is 6.51. The minimum atomic E-state index is -2.95.